The van der Waals surface area contributed by atoms with Gasteiger partial charge in [0.05, 0.1) is 26.4 Å². The molecule has 0 aliphatic carbocycles. The molecule has 0 fully saturated rings. The minimum Gasteiger partial charge on any atom is -0.452 e. The van der Waals surface area contributed by atoms with E-state index in [4.69, 9.17) is 24.1 Å². The summed E-state index contributed by atoms with van der Waals surface area (Å²) in [6, 6.07) is 0. The van der Waals surface area contributed by atoms with Crippen LogP contribution in [0.15, 0.2) is 12.2 Å². The Kier molecular flexibility index (Phi) is 10.4. The lowest BCUT2D eigenvalue weighted by Crippen LogP contribution is -2.47. The fourth-order valence-corrected chi connectivity index (χ4v) is 2.45. The molecule has 8 heteroatoms. The van der Waals surface area contributed by atoms with Crippen molar-refractivity contribution in [2.24, 2.45) is 0 Å². The summed E-state index contributed by atoms with van der Waals surface area (Å²) in [6.45, 7) is 16.0. The smallest absolute Gasteiger partial charge is 0.338 e. The number of hydrogen-bond donors (Lipinski definition) is 1. The summed E-state index contributed by atoms with van der Waals surface area (Å²) in [5.41, 5.74) is -3.17. The fourth-order valence-electron chi connectivity index (χ4n) is 2.45. The Morgan fingerprint density at radius 3 is 1.76 bits per heavy atom. The molecule has 0 aromatic heterocycles. The molecule has 0 aliphatic rings. The Morgan fingerprint density at radius 2 is 1.31 bits per heavy atom. The molecule has 1 atom stereocenters. The summed E-state index contributed by atoms with van der Waals surface area (Å²) in [7, 11) is 0. The highest BCUT2D eigenvalue weighted by atomic mass is 16.6. The number of aliphatic hydroxyl groups is 1. The zero-order valence-electron chi connectivity index (χ0n) is 18.9. The molecule has 1 N–H and O–H groups in total. The van der Waals surface area contributed by atoms with Crippen LogP contribution < -0.4 is 0 Å². The van der Waals surface area contributed by atoms with Crippen LogP contribution in [0.25, 0.3) is 0 Å². The van der Waals surface area contributed by atoms with Crippen LogP contribution >= 0.6 is 0 Å². The molecule has 0 rings (SSSR count). The molecule has 0 aliphatic heterocycles. The van der Waals surface area contributed by atoms with Crippen molar-refractivity contribution in [1.82, 2.24) is 0 Å². The summed E-state index contributed by atoms with van der Waals surface area (Å²) in [6.07, 6.45) is -1.06. The summed E-state index contributed by atoms with van der Waals surface area (Å²) in [5.74, 6) is -1.36. The number of hydrogen-bond acceptors (Lipinski definition) is 8. The van der Waals surface area contributed by atoms with E-state index in [0.717, 1.165) is 0 Å². The van der Waals surface area contributed by atoms with Crippen LogP contribution in [0.3, 0.4) is 0 Å². The van der Waals surface area contributed by atoms with Gasteiger partial charge in [0.15, 0.2) is 17.5 Å². The molecule has 0 saturated heterocycles. The van der Waals surface area contributed by atoms with Crippen LogP contribution in [0.1, 0.15) is 55.4 Å². The highest BCUT2D eigenvalue weighted by Crippen LogP contribution is 2.19. The van der Waals surface area contributed by atoms with Crippen molar-refractivity contribution in [2.45, 2.75) is 78.3 Å². The highest BCUT2D eigenvalue weighted by Gasteiger charge is 2.38. The van der Waals surface area contributed by atoms with Gasteiger partial charge in [-0.25, -0.2) is 4.79 Å². The number of rotatable bonds is 14. The van der Waals surface area contributed by atoms with Crippen molar-refractivity contribution in [3.05, 3.63) is 12.2 Å². The van der Waals surface area contributed by atoms with Gasteiger partial charge in [0.2, 0.25) is 5.78 Å². The summed E-state index contributed by atoms with van der Waals surface area (Å²) < 4.78 is 21.6. The van der Waals surface area contributed by atoms with Crippen molar-refractivity contribution in [2.75, 3.05) is 26.4 Å². The number of carbonyl (C=O) groups excluding carboxylic acids is 3. The SMILES string of the molecule is C=C(C)C(=O)C(C)(C)OCCOC(C)(C)C(=O)C(C)OC(=O)C(C)(C)OCCO. The lowest BCUT2D eigenvalue weighted by Gasteiger charge is -2.30. The van der Waals surface area contributed by atoms with Crippen LogP contribution in [0.5, 0.6) is 0 Å². The molecule has 0 radical (unpaired) electrons. The number of ether oxygens (including phenoxy) is 4. The van der Waals surface area contributed by atoms with Crippen LogP contribution in [0.4, 0.5) is 0 Å². The molecule has 8 nitrogen and oxygen atoms in total. The van der Waals surface area contributed by atoms with Crippen LogP contribution in [0, 0.1) is 0 Å². The molecule has 0 spiro atoms. The predicted octanol–water partition coefficient (Wildman–Crippen LogP) is 2.01. The molecule has 0 aromatic rings. The van der Waals surface area contributed by atoms with Gasteiger partial charge >= 0.3 is 5.97 Å². The van der Waals surface area contributed by atoms with Gasteiger partial charge in [-0.2, -0.15) is 0 Å². The van der Waals surface area contributed by atoms with Gasteiger partial charge in [-0.05, 0) is 61.0 Å². The third-order valence-corrected chi connectivity index (χ3v) is 4.24. The fraction of sp³-hybridized carbons (Fsp3) is 0.762. The van der Waals surface area contributed by atoms with Crippen molar-refractivity contribution in [3.63, 3.8) is 0 Å². The van der Waals surface area contributed by atoms with E-state index < -0.39 is 34.7 Å². The molecule has 0 saturated carbocycles. The number of carbonyl (C=O) groups is 3. The largest absolute Gasteiger partial charge is 0.452 e. The van der Waals surface area contributed by atoms with Gasteiger partial charge in [0, 0.05) is 0 Å². The normalized spacial score (nSPS) is 13.7. The molecule has 1 unspecified atom stereocenters. The van der Waals surface area contributed by atoms with E-state index in [-0.39, 0.29) is 32.2 Å². The van der Waals surface area contributed by atoms with E-state index in [9.17, 15) is 14.4 Å². The van der Waals surface area contributed by atoms with Gasteiger partial charge in [0.1, 0.15) is 11.2 Å². The standard InChI is InChI=1S/C21H36O8/c1-14(2)16(23)19(4,5)27-12-13-28-20(6,7)17(24)15(3)29-18(25)21(8,9)26-11-10-22/h15,22H,1,10-13H2,2-9H3. The Morgan fingerprint density at radius 1 is 0.862 bits per heavy atom. The third kappa shape index (κ3) is 8.74. The molecular weight excluding hydrogens is 380 g/mol. The number of ketones is 2. The lowest BCUT2D eigenvalue weighted by molar-refractivity contribution is -0.180. The second kappa shape index (κ2) is 11.0. The van der Waals surface area contributed by atoms with E-state index in [1.165, 1.54) is 20.8 Å². The molecule has 0 aromatic carbocycles. The van der Waals surface area contributed by atoms with Gasteiger partial charge in [-0.1, -0.05) is 6.58 Å². The highest BCUT2D eigenvalue weighted by molar-refractivity contribution is 6.00. The lowest BCUT2D eigenvalue weighted by atomic mass is 9.98. The topological polar surface area (TPSA) is 108 Å². The number of esters is 1. The van der Waals surface area contributed by atoms with Gasteiger partial charge in [-0.3, -0.25) is 9.59 Å². The van der Waals surface area contributed by atoms with E-state index in [0.29, 0.717) is 5.57 Å². The van der Waals surface area contributed by atoms with Crippen LogP contribution in [-0.2, 0) is 33.3 Å². The summed E-state index contributed by atoms with van der Waals surface area (Å²) in [5, 5.41) is 8.82. The second-order valence-corrected chi connectivity index (χ2v) is 8.32. The first kappa shape index (κ1) is 27.4. The number of Topliss-reactive ketones (excluding diaryl/α,β-unsaturated/α-hetero) is 2. The molecule has 168 valence electrons. The number of aliphatic hydroxyl groups excluding tert-OH is 1. The molecule has 0 heterocycles. The average Bonchev–Trinajstić information content (AvgIpc) is 2.61. The maximum absolute atomic E-state index is 12.6. The molecular formula is C21H36O8. The molecule has 29 heavy (non-hydrogen) atoms. The van der Waals surface area contributed by atoms with Crippen molar-refractivity contribution in [3.8, 4) is 0 Å². The zero-order valence-corrected chi connectivity index (χ0v) is 18.9. The van der Waals surface area contributed by atoms with Gasteiger partial charge < -0.3 is 24.1 Å². The quantitative estimate of drug-likeness (QED) is 0.260. The van der Waals surface area contributed by atoms with Gasteiger partial charge in [-0.15, -0.1) is 0 Å². The minimum absolute atomic E-state index is 0.0245. The maximum Gasteiger partial charge on any atom is 0.338 e. The first-order chi connectivity index (χ1) is 13.1. The third-order valence-electron chi connectivity index (χ3n) is 4.24. The van der Waals surface area contributed by atoms with Gasteiger partial charge in [0.25, 0.3) is 0 Å². The Hall–Kier alpha value is -1.61. The second-order valence-electron chi connectivity index (χ2n) is 8.32. The summed E-state index contributed by atoms with van der Waals surface area (Å²) in [4.78, 5) is 36.9. The van der Waals surface area contributed by atoms with Crippen molar-refractivity contribution in [1.29, 1.82) is 0 Å². The predicted molar refractivity (Wildman–Crippen MR) is 108 cm³/mol. The van der Waals surface area contributed by atoms with Crippen molar-refractivity contribution < 1.29 is 38.4 Å². The monoisotopic (exact) mass is 416 g/mol. The minimum atomic E-state index is -1.29. The van der Waals surface area contributed by atoms with Crippen LogP contribution in [-0.4, -0.2) is 72.0 Å². The molecule has 0 amide bonds. The average molecular weight is 417 g/mol. The first-order valence-corrected chi connectivity index (χ1v) is 9.57. The zero-order chi connectivity index (χ0) is 23.0. The Labute approximate surface area is 173 Å². The van der Waals surface area contributed by atoms with Crippen LogP contribution in [0.2, 0.25) is 0 Å². The van der Waals surface area contributed by atoms with E-state index in [1.54, 1.807) is 34.6 Å². The Bertz CT molecular complexity index is 604. The van der Waals surface area contributed by atoms with E-state index in [2.05, 4.69) is 6.58 Å². The van der Waals surface area contributed by atoms with Crippen molar-refractivity contribution >= 4 is 17.5 Å². The first-order valence-electron chi connectivity index (χ1n) is 9.57. The van der Waals surface area contributed by atoms with E-state index in [1.807, 2.05) is 0 Å². The molecule has 0 bridgehead atoms. The maximum atomic E-state index is 12.6. The Balaban J connectivity index is 4.69. The summed E-state index contributed by atoms with van der Waals surface area (Å²) >= 11 is 0. The van der Waals surface area contributed by atoms with E-state index >= 15 is 0 Å².